The van der Waals surface area contributed by atoms with Crippen LogP contribution in [0.3, 0.4) is 0 Å². The summed E-state index contributed by atoms with van der Waals surface area (Å²) in [7, 11) is 0. The average molecular weight is 328 g/mol. The van der Waals surface area contributed by atoms with Gasteiger partial charge in [0.25, 0.3) is 0 Å². The summed E-state index contributed by atoms with van der Waals surface area (Å²) < 4.78 is 0. The minimum Gasteiger partial charge on any atom is -0.508 e. The van der Waals surface area contributed by atoms with Gasteiger partial charge in [-0.3, -0.25) is 0 Å². The summed E-state index contributed by atoms with van der Waals surface area (Å²) in [6, 6.07) is 6.02. The molecule has 5 atom stereocenters. The predicted octanol–water partition coefficient (Wildman–Crippen LogP) is 5.03. The Balaban J connectivity index is 1.78. The standard InChI is InChI=1S/C22H32O2/c1-4-22(5-2)13-19(24)21(3)11-10-17-16-9-7-15(23)12-14(16)6-8-18(17)20(21)22/h7,9,12,17-20,23-24H,4-6,8,10-11,13H2,1-3H3/t17-,18-,19?,20+,21-/m1/s1. The highest BCUT2D eigenvalue weighted by Crippen LogP contribution is 2.68. The molecule has 0 aliphatic heterocycles. The first-order chi connectivity index (χ1) is 11.4. The highest BCUT2D eigenvalue weighted by molar-refractivity contribution is 5.40. The molecule has 2 N–H and O–H groups in total. The number of rotatable bonds is 2. The molecule has 0 saturated heterocycles. The number of aliphatic hydroxyl groups is 1. The van der Waals surface area contributed by atoms with E-state index in [1.807, 2.05) is 12.1 Å². The van der Waals surface area contributed by atoms with Crippen LogP contribution in [-0.4, -0.2) is 16.3 Å². The van der Waals surface area contributed by atoms with Gasteiger partial charge in [-0.15, -0.1) is 0 Å². The molecule has 2 nitrogen and oxygen atoms in total. The molecule has 0 spiro atoms. The molecular formula is C22H32O2. The summed E-state index contributed by atoms with van der Waals surface area (Å²) in [4.78, 5) is 0. The molecule has 0 bridgehead atoms. The van der Waals surface area contributed by atoms with Crippen LogP contribution in [0.5, 0.6) is 5.75 Å². The molecule has 0 aromatic heterocycles. The number of benzene rings is 1. The van der Waals surface area contributed by atoms with Crippen molar-refractivity contribution in [2.45, 2.75) is 77.7 Å². The van der Waals surface area contributed by atoms with Gasteiger partial charge in [-0.05, 0) is 83.9 Å². The van der Waals surface area contributed by atoms with Crippen LogP contribution in [-0.2, 0) is 6.42 Å². The number of fused-ring (bicyclic) bond motifs is 5. The smallest absolute Gasteiger partial charge is 0.115 e. The molecule has 3 aliphatic rings. The van der Waals surface area contributed by atoms with Crippen LogP contribution < -0.4 is 0 Å². The lowest BCUT2D eigenvalue weighted by Gasteiger charge is -2.54. The Labute approximate surface area is 146 Å². The lowest BCUT2D eigenvalue weighted by molar-refractivity contribution is -0.0487. The number of aryl methyl sites for hydroxylation is 1. The van der Waals surface area contributed by atoms with Crippen molar-refractivity contribution in [2.24, 2.45) is 22.7 Å². The molecule has 2 heteroatoms. The zero-order valence-corrected chi connectivity index (χ0v) is 15.4. The van der Waals surface area contributed by atoms with Crippen molar-refractivity contribution in [1.29, 1.82) is 0 Å². The third-order valence-electron chi connectivity index (χ3n) is 8.35. The van der Waals surface area contributed by atoms with E-state index in [1.54, 1.807) is 0 Å². The molecule has 3 aliphatic carbocycles. The maximum absolute atomic E-state index is 11.0. The Bertz CT molecular complexity index is 633. The maximum atomic E-state index is 11.0. The number of aromatic hydroxyl groups is 1. The summed E-state index contributed by atoms with van der Waals surface area (Å²) in [5, 5.41) is 20.8. The van der Waals surface area contributed by atoms with E-state index < -0.39 is 0 Å². The average Bonchev–Trinajstić information content (AvgIpc) is 2.82. The lowest BCUT2D eigenvalue weighted by Crippen LogP contribution is -2.47. The summed E-state index contributed by atoms with van der Waals surface area (Å²) in [5.41, 5.74) is 3.25. The Hall–Kier alpha value is -1.02. The van der Waals surface area contributed by atoms with E-state index in [1.165, 1.54) is 36.8 Å². The number of hydrogen-bond acceptors (Lipinski definition) is 2. The van der Waals surface area contributed by atoms with Gasteiger partial charge < -0.3 is 10.2 Å². The zero-order chi connectivity index (χ0) is 17.1. The van der Waals surface area contributed by atoms with Crippen molar-refractivity contribution in [3.63, 3.8) is 0 Å². The molecule has 2 fully saturated rings. The number of aliphatic hydroxyl groups excluding tert-OH is 1. The van der Waals surface area contributed by atoms with E-state index >= 15 is 0 Å². The van der Waals surface area contributed by atoms with Gasteiger partial charge in [0, 0.05) is 0 Å². The maximum Gasteiger partial charge on any atom is 0.115 e. The molecule has 0 amide bonds. The fraction of sp³-hybridized carbons (Fsp3) is 0.727. The van der Waals surface area contributed by atoms with E-state index in [0.29, 0.717) is 28.9 Å². The van der Waals surface area contributed by atoms with Crippen molar-refractivity contribution >= 4 is 0 Å². The lowest BCUT2D eigenvalue weighted by atomic mass is 9.50. The van der Waals surface area contributed by atoms with Crippen LogP contribution >= 0.6 is 0 Å². The highest BCUT2D eigenvalue weighted by Gasteiger charge is 2.63. The van der Waals surface area contributed by atoms with Crippen molar-refractivity contribution in [2.75, 3.05) is 0 Å². The first-order valence-corrected chi connectivity index (χ1v) is 9.95. The first-order valence-electron chi connectivity index (χ1n) is 9.95. The van der Waals surface area contributed by atoms with Gasteiger partial charge in [0.1, 0.15) is 5.75 Å². The summed E-state index contributed by atoms with van der Waals surface area (Å²) in [6.07, 6.45) is 7.86. The second-order valence-electron chi connectivity index (χ2n) is 9.00. The van der Waals surface area contributed by atoms with Gasteiger partial charge in [0.15, 0.2) is 0 Å². The Morgan fingerprint density at radius 2 is 1.92 bits per heavy atom. The Morgan fingerprint density at radius 3 is 2.62 bits per heavy atom. The van der Waals surface area contributed by atoms with Crippen molar-refractivity contribution in [3.05, 3.63) is 29.3 Å². The van der Waals surface area contributed by atoms with Gasteiger partial charge in [-0.25, -0.2) is 0 Å². The molecule has 0 radical (unpaired) electrons. The fourth-order valence-electron chi connectivity index (χ4n) is 7.06. The summed E-state index contributed by atoms with van der Waals surface area (Å²) in [5.74, 6) is 2.35. The van der Waals surface area contributed by atoms with E-state index in [2.05, 4.69) is 26.8 Å². The molecule has 1 aromatic rings. The Morgan fingerprint density at radius 1 is 1.17 bits per heavy atom. The molecule has 1 unspecified atom stereocenters. The SMILES string of the molecule is CCC1(CC)CC(O)[C@@]2(C)CC[C@@H]3c4ccc(O)cc4CC[C@H]3[C@H]12. The largest absolute Gasteiger partial charge is 0.508 e. The quantitative estimate of drug-likeness (QED) is 0.800. The minimum absolute atomic E-state index is 0.0988. The molecule has 24 heavy (non-hydrogen) atoms. The Kier molecular flexibility index (Phi) is 3.76. The molecule has 132 valence electrons. The summed E-state index contributed by atoms with van der Waals surface area (Å²) in [6.45, 7) is 7.04. The second-order valence-corrected chi connectivity index (χ2v) is 9.00. The highest BCUT2D eigenvalue weighted by atomic mass is 16.3. The topological polar surface area (TPSA) is 40.5 Å². The van der Waals surface area contributed by atoms with Crippen molar-refractivity contribution < 1.29 is 10.2 Å². The normalized spacial score (nSPS) is 39.8. The van der Waals surface area contributed by atoms with Gasteiger partial charge >= 0.3 is 0 Å². The molecule has 2 saturated carbocycles. The minimum atomic E-state index is -0.135. The van der Waals surface area contributed by atoms with Crippen molar-refractivity contribution in [3.8, 4) is 5.75 Å². The third-order valence-corrected chi connectivity index (χ3v) is 8.35. The first kappa shape index (κ1) is 16.4. The zero-order valence-electron chi connectivity index (χ0n) is 15.4. The fourth-order valence-corrected chi connectivity index (χ4v) is 7.06. The van der Waals surface area contributed by atoms with Gasteiger partial charge in [-0.1, -0.05) is 39.7 Å². The van der Waals surface area contributed by atoms with Crippen LogP contribution in [0.1, 0.15) is 76.3 Å². The second kappa shape index (κ2) is 5.49. The van der Waals surface area contributed by atoms with E-state index in [0.717, 1.165) is 19.3 Å². The number of phenolic OH excluding ortho intramolecular Hbond substituents is 1. The van der Waals surface area contributed by atoms with Crippen LogP contribution in [0.25, 0.3) is 0 Å². The third kappa shape index (κ3) is 2.05. The van der Waals surface area contributed by atoms with Crippen LogP contribution in [0.4, 0.5) is 0 Å². The van der Waals surface area contributed by atoms with Crippen LogP contribution in [0.2, 0.25) is 0 Å². The predicted molar refractivity (Wildman–Crippen MR) is 97.1 cm³/mol. The molecule has 4 rings (SSSR count). The molecular weight excluding hydrogens is 296 g/mol. The van der Waals surface area contributed by atoms with E-state index in [-0.39, 0.29) is 11.5 Å². The van der Waals surface area contributed by atoms with E-state index in [4.69, 9.17) is 0 Å². The van der Waals surface area contributed by atoms with Gasteiger partial charge in [0.05, 0.1) is 6.10 Å². The van der Waals surface area contributed by atoms with Gasteiger partial charge in [0.2, 0.25) is 0 Å². The number of phenols is 1. The van der Waals surface area contributed by atoms with Crippen molar-refractivity contribution in [1.82, 2.24) is 0 Å². The summed E-state index contributed by atoms with van der Waals surface area (Å²) >= 11 is 0. The van der Waals surface area contributed by atoms with Gasteiger partial charge in [-0.2, -0.15) is 0 Å². The molecule has 0 heterocycles. The monoisotopic (exact) mass is 328 g/mol. The van der Waals surface area contributed by atoms with E-state index in [9.17, 15) is 10.2 Å². The molecule has 1 aromatic carbocycles. The number of hydrogen-bond donors (Lipinski definition) is 2. The van der Waals surface area contributed by atoms with Crippen LogP contribution in [0.15, 0.2) is 18.2 Å². The van der Waals surface area contributed by atoms with Crippen LogP contribution in [0, 0.1) is 22.7 Å².